The summed E-state index contributed by atoms with van der Waals surface area (Å²) in [4.78, 5) is 15.0. The Bertz CT molecular complexity index is 1020. The Labute approximate surface area is 168 Å². The van der Waals surface area contributed by atoms with Crippen LogP contribution in [0.1, 0.15) is 23.7 Å². The summed E-state index contributed by atoms with van der Waals surface area (Å²) in [6.45, 7) is 4.72. The molecule has 3 aromatic rings. The van der Waals surface area contributed by atoms with Gasteiger partial charge in [-0.25, -0.2) is 9.89 Å². The van der Waals surface area contributed by atoms with Crippen molar-refractivity contribution >= 4 is 12.0 Å². The number of rotatable bonds is 9. The second-order valence-electron chi connectivity index (χ2n) is 6.17. The lowest BCUT2D eigenvalue weighted by atomic mass is 10.2. The fraction of sp³-hybridized carbons (Fsp3) is 0.238. The van der Waals surface area contributed by atoms with Crippen LogP contribution in [0.3, 0.4) is 0 Å². The van der Waals surface area contributed by atoms with E-state index in [1.807, 2.05) is 43.3 Å². The van der Waals surface area contributed by atoms with E-state index in [0.29, 0.717) is 36.2 Å². The van der Waals surface area contributed by atoms with E-state index in [9.17, 15) is 4.79 Å². The molecule has 8 nitrogen and oxygen atoms in total. The number of anilines is 1. The Balaban J connectivity index is 1.65. The molecule has 1 heterocycles. The molecule has 0 radical (unpaired) electrons. The van der Waals surface area contributed by atoms with Crippen molar-refractivity contribution in [3.8, 4) is 11.5 Å². The number of hydrogen-bond donors (Lipinski definition) is 2. The van der Waals surface area contributed by atoms with Gasteiger partial charge < -0.3 is 9.47 Å². The zero-order valence-corrected chi connectivity index (χ0v) is 16.4. The average molecular weight is 393 g/mol. The van der Waals surface area contributed by atoms with Crippen LogP contribution in [0, 0.1) is 6.92 Å². The predicted molar refractivity (Wildman–Crippen MR) is 112 cm³/mol. The van der Waals surface area contributed by atoms with Crippen LogP contribution >= 0.6 is 0 Å². The zero-order chi connectivity index (χ0) is 20.5. The summed E-state index contributed by atoms with van der Waals surface area (Å²) in [7, 11) is 0. The summed E-state index contributed by atoms with van der Waals surface area (Å²) in [5.74, 6) is 1.64. The second-order valence-corrected chi connectivity index (χ2v) is 6.17. The number of hydrazone groups is 1. The van der Waals surface area contributed by atoms with E-state index in [1.54, 1.807) is 13.1 Å². The molecule has 0 spiro atoms. The molecule has 0 saturated heterocycles. The first-order chi connectivity index (χ1) is 14.2. The standard InChI is InChI=1S/C21H23N5O3/c1-3-28-19-13-17(14-22-25-20-15(2)24-26-21(27)23-20)9-10-18(19)29-12-11-16-7-5-4-6-8-16/h4-10,13-14H,3,11-12H2,1-2H3,(H2,23,25,26,27). The van der Waals surface area contributed by atoms with E-state index in [1.165, 1.54) is 5.56 Å². The maximum absolute atomic E-state index is 11.3. The number of aromatic amines is 1. The number of nitrogens with zero attached hydrogens (tertiary/aromatic N) is 3. The maximum atomic E-state index is 11.3. The first-order valence-corrected chi connectivity index (χ1v) is 9.31. The molecule has 29 heavy (non-hydrogen) atoms. The molecule has 0 saturated carbocycles. The number of nitrogens with one attached hydrogen (secondary N) is 2. The molecule has 0 bridgehead atoms. The molecule has 1 aromatic heterocycles. The van der Waals surface area contributed by atoms with Crippen molar-refractivity contribution < 1.29 is 9.47 Å². The Kier molecular flexibility index (Phi) is 6.94. The summed E-state index contributed by atoms with van der Waals surface area (Å²) in [5.41, 5.74) is 4.76. The molecular weight excluding hydrogens is 370 g/mol. The fourth-order valence-electron chi connectivity index (χ4n) is 2.58. The van der Waals surface area contributed by atoms with Gasteiger partial charge in [0.15, 0.2) is 17.3 Å². The highest BCUT2D eigenvalue weighted by Gasteiger charge is 2.07. The van der Waals surface area contributed by atoms with Crippen LogP contribution in [0.5, 0.6) is 11.5 Å². The fourth-order valence-corrected chi connectivity index (χ4v) is 2.58. The Morgan fingerprint density at radius 3 is 2.76 bits per heavy atom. The van der Waals surface area contributed by atoms with Crippen LogP contribution in [-0.4, -0.2) is 34.6 Å². The number of H-pyrrole nitrogens is 1. The minimum Gasteiger partial charge on any atom is -0.490 e. The Hall–Kier alpha value is -3.68. The van der Waals surface area contributed by atoms with Crippen LogP contribution in [0.15, 0.2) is 58.4 Å². The van der Waals surface area contributed by atoms with E-state index >= 15 is 0 Å². The molecule has 0 amide bonds. The third-order valence-electron chi connectivity index (χ3n) is 4.02. The number of benzene rings is 2. The molecule has 0 atom stereocenters. The van der Waals surface area contributed by atoms with Crippen molar-refractivity contribution in [1.82, 2.24) is 15.2 Å². The first-order valence-electron chi connectivity index (χ1n) is 9.31. The lowest BCUT2D eigenvalue weighted by Gasteiger charge is -2.12. The van der Waals surface area contributed by atoms with Crippen LogP contribution in [0.2, 0.25) is 0 Å². The first kappa shape index (κ1) is 20.1. The zero-order valence-electron chi connectivity index (χ0n) is 16.4. The van der Waals surface area contributed by atoms with E-state index in [-0.39, 0.29) is 0 Å². The SMILES string of the molecule is CCOc1cc(C=NNc2nc(=O)[nH]nc2C)ccc1OCCc1ccccc1. The molecule has 2 aromatic carbocycles. The van der Waals surface area contributed by atoms with Crippen LogP contribution < -0.4 is 20.6 Å². The van der Waals surface area contributed by atoms with Gasteiger partial charge in [0.2, 0.25) is 0 Å². The van der Waals surface area contributed by atoms with Crippen molar-refractivity contribution in [2.45, 2.75) is 20.3 Å². The van der Waals surface area contributed by atoms with Gasteiger partial charge in [-0.1, -0.05) is 30.3 Å². The van der Waals surface area contributed by atoms with Gasteiger partial charge in [-0.05, 0) is 43.2 Å². The number of aromatic nitrogens is 3. The molecule has 150 valence electrons. The summed E-state index contributed by atoms with van der Waals surface area (Å²) in [6.07, 6.45) is 2.43. The normalized spacial score (nSPS) is 10.8. The average Bonchev–Trinajstić information content (AvgIpc) is 2.73. The highest BCUT2D eigenvalue weighted by molar-refractivity contribution is 5.81. The van der Waals surface area contributed by atoms with Crippen molar-refractivity contribution in [1.29, 1.82) is 0 Å². The van der Waals surface area contributed by atoms with E-state index in [0.717, 1.165) is 12.0 Å². The Morgan fingerprint density at radius 1 is 1.14 bits per heavy atom. The largest absolute Gasteiger partial charge is 0.490 e. The van der Waals surface area contributed by atoms with Crippen LogP contribution in [0.4, 0.5) is 5.82 Å². The van der Waals surface area contributed by atoms with Crippen LogP contribution in [-0.2, 0) is 6.42 Å². The van der Waals surface area contributed by atoms with Gasteiger partial charge in [0, 0.05) is 6.42 Å². The van der Waals surface area contributed by atoms with Gasteiger partial charge in [-0.15, -0.1) is 0 Å². The number of hydrogen-bond acceptors (Lipinski definition) is 7. The molecule has 0 aliphatic heterocycles. The minimum absolute atomic E-state index is 0.302. The molecule has 2 N–H and O–H groups in total. The van der Waals surface area contributed by atoms with Crippen LogP contribution in [0.25, 0.3) is 0 Å². The van der Waals surface area contributed by atoms with Crippen molar-refractivity contribution in [2.24, 2.45) is 5.10 Å². The van der Waals surface area contributed by atoms with E-state index in [2.05, 4.69) is 37.8 Å². The Morgan fingerprint density at radius 2 is 1.97 bits per heavy atom. The summed E-state index contributed by atoms with van der Waals surface area (Å²) in [5, 5.41) is 10.2. The van der Waals surface area contributed by atoms with Crippen molar-refractivity contribution in [3.63, 3.8) is 0 Å². The summed E-state index contributed by atoms with van der Waals surface area (Å²) < 4.78 is 11.6. The van der Waals surface area contributed by atoms with Gasteiger partial charge in [0.1, 0.15) is 5.69 Å². The lowest BCUT2D eigenvalue weighted by Crippen LogP contribution is -2.15. The van der Waals surface area contributed by atoms with Gasteiger partial charge in [-0.2, -0.15) is 15.2 Å². The number of aryl methyl sites for hydroxylation is 1. The predicted octanol–water partition coefficient (Wildman–Crippen LogP) is 2.94. The quantitative estimate of drug-likeness (QED) is 0.428. The summed E-state index contributed by atoms with van der Waals surface area (Å²) >= 11 is 0. The molecule has 3 rings (SSSR count). The maximum Gasteiger partial charge on any atom is 0.363 e. The monoisotopic (exact) mass is 393 g/mol. The highest BCUT2D eigenvalue weighted by Crippen LogP contribution is 2.28. The third kappa shape index (κ3) is 5.90. The third-order valence-corrected chi connectivity index (χ3v) is 4.02. The van der Waals surface area contributed by atoms with Gasteiger partial charge in [0.05, 0.1) is 19.4 Å². The van der Waals surface area contributed by atoms with Crippen molar-refractivity contribution in [3.05, 3.63) is 75.8 Å². The second kappa shape index (κ2) is 10.0. The smallest absolute Gasteiger partial charge is 0.363 e. The van der Waals surface area contributed by atoms with Gasteiger partial charge in [0.25, 0.3) is 0 Å². The number of ether oxygens (including phenoxy) is 2. The summed E-state index contributed by atoms with van der Waals surface area (Å²) in [6, 6.07) is 15.8. The molecular formula is C21H23N5O3. The van der Waals surface area contributed by atoms with Gasteiger partial charge in [-0.3, -0.25) is 5.43 Å². The van der Waals surface area contributed by atoms with E-state index < -0.39 is 5.69 Å². The molecule has 8 heteroatoms. The van der Waals surface area contributed by atoms with E-state index in [4.69, 9.17) is 9.47 Å². The van der Waals surface area contributed by atoms with Crippen molar-refractivity contribution in [2.75, 3.05) is 18.6 Å². The molecule has 0 aliphatic carbocycles. The minimum atomic E-state index is -0.538. The highest BCUT2D eigenvalue weighted by atomic mass is 16.5. The topological polar surface area (TPSA) is 101 Å². The molecule has 0 unspecified atom stereocenters. The lowest BCUT2D eigenvalue weighted by molar-refractivity contribution is 0.279. The van der Waals surface area contributed by atoms with Gasteiger partial charge >= 0.3 is 5.69 Å². The molecule has 0 fully saturated rings. The molecule has 0 aliphatic rings.